The Morgan fingerprint density at radius 1 is 1.24 bits per heavy atom. The summed E-state index contributed by atoms with van der Waals surface area (Å²) in [5.41, 5.74) is 0.805. The fraction of sp³-hybridized carbons (Fsp3) is 0.438. The summed E-state index contributed by atoms with van der Waals surface area (Å²) in [5, 5.41) is 13.9. The van der Waals surface area contributed by atoms with E-state index in [0.717, 1.165) is 18.5 Å². The van der Waals surface area contributed by atoms with Crippen molar-refractivity contribution in [2.45, 2.75) is 25.8 Å². The van der Waals surface area contributed by atoms with Gasteiger partial charge in [0.2, 0.25) is 5.91 Å². The molecule has 1 aliphatic heterocycles. The first kappa shape index (κ1) is 16.9. The number of likely N-dealkylation sites (tertiary alicyclic amines) is 1. The topological polar surface area (TPSA) is 102 Å². The van der Waals surface area contributed by atoms with Crippen LogP contribution in [0.15, 0.2) is 30.6 Å². The van der Waals surface area contributed by atoms with Crippen LogP contribution in [0.3, 0.4) is 0 Å². The molecule has 1 aliphatic rings. The maximum Gasteiger partial charge on any atom is 0.258 e. The Morgan fingerprint density at radius 2 is 1.96 bits per heavy atom. The Hall–Kier alpha value is -2.97. The maximum absolute atomic E-state index is 12.0. The zero-order valence-electron chi connectivity index (χ0n) is 14.0. The van der Waals surface area contributed by atoms with Gasteiger partial charge in [0, 0.05) is 26.1 Å². The minimum Gasteiger partial charge on any atom is -0.484 e. The summed E-state index contributed by atoms with van der Waals surface area (Å²) in [6.07, 6.45) is 3.04. The normalized spacial score (nSPS) is 15.0. The van der Waals surface area contributed by atoms with Crippen LogP contribution in [0.2, 0.25) is 0 Å². The van der Waals surface area contributed by atoms with Gasteiger partial charge in [-0.2, -0.15) is 0 Å². The van der Waals surface area contributed by atoms with E-state index in [9.17, 15) is 9.59 Å². The van der Waals surface area contributed by atoms with Crippen LogP contribution in [-0.2, 0) is 9.59 Å². The van der Waals surface area contributed by atoms with E-state index in [1.165, 1.54) is 11.0 Å². The Kier molecular flexibility index (Phi) is 5.22. The van der Waals surface area contributed by atoms with E-state index in [1.807, 2.05) is 0 Å². The first-order valence-electron chi connectivity index (χ1n) is 8.13. The molecule has 0 spiro atoms. The molecule has 1 fully saturated rings. The number of aromatic nitrogens is 4. The number of ether oxygens (including phenoxy) is 1. The summed E-state index contributed by atoms with van der Waals surface area (Å²) in [4.78, 5) is 25.1. The number of carbonyl (C=O) groups excluding carboxylic acids is 2. The standard InChI is InChI=1S/C16H20N6O3/c1-12(23)21-8-6-13(7-9-21)18-16(24)10-25-15-4-2-14(3-5-15)22-11-17-19-20-22/h2-5,11,13H,6-10H2,1H3,(H,18,24). The number of nitrogens with zero attached hydrogens (tertiary/aromatic N) is 5. The molecule has 0 saturated carbocycles. The lowest BCUT2D eigenvalue weighted by Crippen LogP contribution is -2.47. The van der Waals surface area contributed by atoms with Gasteiger partial charge in [0.1, 0.15) is 12.1 Å². The van der Waals surface area contributed by atoms with Crippen molar-refractivity contribution in [3.8, 4) is 11.4 Å². The summed E-state index contributed by atoms with van der Waals surface area (Å²) in [6, 6.07) is 7.22. The highest BCUT2D eigenvalue weighted by atomic mass is 16.5. The molecule has 132 valence electrons. The number of benzene rings is 1. The van der Waals surface area contributed by atoms with Crippen LogP contribution in [0.25, 0.3) is 5.69 Å². The summed E-state index contributed by atoms with van der Waals surface area (Å²) in [7, 11) is 0. The van der Waals surface area contributed by atoms with Crippen LogP contribution in [0.5, 0.6) is 5.75 Å². The molecular weight excluding hydrogens is 324 g/mol. The number of rotatable bonds is 5. The van der Waals surface area contributed by atoms with Gasteiger partial charge in [-0.15, -0.1) is 5.10 Å². The van der Waals surface area contributed by atoms with Crippen molar-refractivity contribution < 1.29 is 14.3 Å². The van der Waals surface area contributed by atoms with E-state index >= 15 is 0 Å². The average Bonchev–Trinajstić information content (AvgIpc) is 3.15. The molecule has 1 aromatic heterocycles. The second-order valence-electron chi connectivity index (χ2n) is 5.88. The summed E-state index contributed by atoms with van der Waals surface area (Å²) in [6.45, 7) is 2.88. The van der Waals surface area contributed by atoms with Gasteiger partial charge in [0.15, 0.2) is 6.61 Å². The molecule has 9 nitrogen and oxygen atoms in total. The van der Waals surface area contributed by atoms with Crippen LogP contribution in [0, 0.1) is 0 Å². The highest BCUT2D eigenvalue weighted by Gasteiger charge is 2.21. The molecule has 1 saturated heterocycles. The van der Waals surface area contributed by atoms with Gasteiger partial charge in [-0.3, -0.25) is 9.59 Å². The molecule has 0 bridgehead atoms. The Labute approximate surface area is 144 Å². The van der Waals surface area contributed by atoms with E-state index in [4.69, 9.17) is 4.74 Å². The van der Waals surface area contributed by atoms with E-state index in [2.05, 4.69) is 20.8 Å². The predicted octanol–water partition coefficient (Wildman–Crippen LogP) is 0.168. The summed E-state index contributed by atoms with van der Waals surface area (Å²) in [5.74, 6) is 0.516. The monoisotopic (exact) mass is 344 g/mol. The predicted molar refractivity (Wildman–Crippen MR) is 88.1 cm³/mol. The van der Waals surface area contributed by atoms with E-state index in [1.54, 1.807) is 36.1 Å². The third-order valence-electron chi connectivity index (χ3n) is 4.13. The lowest BCUT2D eigenvalue weighted by molar-refractivity contribution is -0.130. The minimum atomic E-state index is -0.161. The lowest BCUT2D eigenvalue weighted by atomic mass is 10.1. The van der Waals surface area contributed by atoms with Gasteiger partial charge in [-0.05, 0) is 47.5 Å². The van der Waals surface area contributed by atoms with Gasteiger partial charge in [0.25, 0.3) is 5.91 Å². The van der Waals surface area contributed by atoms with Crippen molar-refractivity contribution in [2.75, 3.05) is 19.7 Å². The van der Waals surface area contributed by atoms with E-state index in [-0.39, 0.29) is 24.5 Å². The SMILES string of the molecule is CC(=O)N1CCC(NC(=O)COc2ccc(-n3cnnn3)cc2)CC1. The molecule has 2 aromatic rings. The summed E-state index contributed by atoms with van der Waals surface area (Å²) < 4.78 is 7.04. The van der Waals surface area contributed by atoms with Crippen LogP contribution in [0.4, 0.5) is 0 Å². The van der Waals surface area contributed by atoms with Gasteiger partial charge in [0.05, 0.1) is 5.69 Å². The molecule has 2 heterocycles. The first-order chi connectivity index (χ1) is 12.1. The van der Waals surface area contributed by atoms with Crippen LogP contribution in [0.1, 0.15) is 19.8 Å². The minimum absolute atomic E-state index is 0.0445. The molecule has 3 rings (SSSR count). The quantitative estimate of drug-likeness (QED) is 0.829. The second kappa shape index (κ2) is 7.73. The number of piperidine rings is 1. The molecule has 9 heteroatoms. The molecule has 0 unspecified atom stereocenters. The average molecular weight is 344 g/mol. The highest BCUT2D eigenvalue weighted by Crippen LogP contribution is 2.14. The van der Waals surface area contributed by atoms with Gasteiger partial charge < -0.3 is 15.0 Å². The summed E-state index contributed by atoms with van der Waals surface area (Å²) >= 11 is 0. The molecule has 1 N–H and O–H groups in total. The van der Waals surface area contributed by atoms with Gasteiger partial charge in [-0.1, -0.05) is 0 Å². The molecule has 2 amide bonds. The maximum atomic E-state index is 12.0. The largest absolute Gasteiger partial charge is 0.484 e. The second-order valence-corrected chi connectivity index (χ2v) is 5.88. The Balaban J connectivity index is 1.43. The third kappa shape index (κ3) is 4.52. The molecule has 0 aliphatic carbocycles. The van der Waals surface area contributed by atoms with Crippen molar-refractivity contribution in [1.29, 1.82) is 0 Å². The Morgan fingerprint density at radius 3 is 2.56 bits per heavy atom. The molecule has 25 heavy (non-hydrogen) atoms. The van der Waals surface area contributed by atoms with Crippen molar-refractivity contribution in [3.05, 3.63) is 30.6 Å². The van der Waals surface area contributed by atoms with Crippen LogP contribution < -0.4 is 10.1 Å². The molecule has 0 atom stereocenters. The van der Waals surface area contributed by atoms with Crippen LogP contribution >= 0.6 is 0 Å². The fourth-order valence-corrected chi connectivity index (χ4v) is 2.73. The number of tetrazole rings is 1. The number of amides is 2. The van der Waals surface area contributed by atoms with E-state index < -0.39 is 0 Å². The first-order valence-corrected chi connectivity index (χ1v) is 8.13. The van der Waals surface area contributed by atoms with Crippen LogP contribution in [-0.4, -0.2) is 62.7 Å². The third-order valence-corrected chi connectivity index (χ3v) is 4.13. The molecular formula is C16H20N6O3. The Bertz CT molecular complexity index is 708. The van der Waals surface area contributed by atoms with Crippen molar-refractivity contribution in [1.82, 2.24) is 30.4 Å². The fourth-order valence-electron chi connectivity index (χ4n) is 2.73. The van der Waals surface area contributed by atoms with Gasteiger partial charge >= 0.3 is 0 Å². The van der Waals surface area contributed by atoms with Crippen molar-refractivity contribution in [3.63, 3.8) is 0 Å². The van der Waals surface area contributed by atoms with E-state index in [0.29, 0.717) is 18.8 Å². The zero-order chi connectivity index (χ0) is 17.6. The molecule has 1 aromatic carbocycles. The number of carbonyl (C=O) groups is 2. The molecule has 0 radical (unpaired) electrons. The number of hydrogen-bond donors (Lipinski definition) is 1. The number of nitrogens with one attached hydrogen (secondary N) is 1. The van der Waals surface area contributed by atoms with Crippen molar-refractivity contribution in [2.24, 2.45) is 0 Å². The number of hydrogen-bond acceptors (Lipinski definition) is 6. The van der Waals surface area contributed by atoms with Gasteiger partial charge in [-0.25, -0.2) is 4.68 Å². The highest BCUT2D eigenvalue weighted by molar-refractivity contribution is 5.78. The smallest absolute Gasteiger partial charge is 0.258 e. The zero-order valence-corrected chi connectivity index (χ0v) is 14.0. The lowest BCUT2D eigenvalue weighted by Gasteiger charge is -2.31. The van der Waals surface area contributed by atoms with Crippen molar-refractivity contribution >= 4 is 11.8 Å².